The highest BCUT2D eigenvalue weighted by atomic mass is 19.4. The highest BCUT2D eigenvalue weighted by molar-refractivity contribution is 5.71. The third-order valence-electron chi connectivity index (χ3n) is 2.35. The van der Waals surface area contributed by atoms with E-state index in [4.69, 9.17) is 0 Å². The van der Waals surface area contributed by atoms with Crippen molar-refractivity contribution in [1.29, 1.82) is 0 Å². The molecule has 0 aliphatic carbocycles. The standard InChI is InChI=1S/C11H12F3N3/c1-10(2,3)17-7-5-4-6-15-8(7)16-9(17)11(12,13)14/h4-6H,1-3H3. The van der Waals surface area contributed by atoms with E-state index < -0.39 is 17.5 Å². The van der Waals surface area contributed by atoms with Crippen molar-refractivity contribution in [1.82, 2.24) is 14.5 Å². The van der Waals surface area contributed by atoms with E-state index in [1.54, 1.807) is 32.9 Å². The smallest absolute Gasteiger partial charge is 0.314 e. The summed E-state index contributed by atoms with van der Waals surface area (Å²) >= 11 is 0. The minimum atomic E-state index is -4.48. The average molecular weight is 243 g/mol. The number of alkyl halides is 3. The lowest BCUT2D eigenvalue weighted by molar-refractivity contribution is -0.148. The summed E-state index contributed by atoms with van der Waals surface area (Å²) in [5, 5.41) is 0. The summed E-state index contributed by atoms with van der Waals surface area (Å²) in [6.45, 7) is 5.11. The van der Waals surface area contributed by atoms with Gasteiger partial charge >= 0.3 is 6.18 Å². The minimum Gasteiger partial charge on any atom is -0.314 e. The zero-order valence-corrected chi connectivity index (χ0v) is 9.71. The average Bonchev–Trinajstić information content (AvgIpc) is 2.54. The highest BCUT2D eigenvalue weighted by Crippen LogP contribution is 2.34. The van der Waals surface area contributed by atoms with E-state index in [1.165, 1.54) is 10.8 Å². The Bertz CT molecular complexity index is 549. The fourth-order valence-corrected chi connectivity index (χ4v) is 1.78. The van der Waals surface area contributed by atoms with Gasteiger partial charge in [-0.1, -0.05) is 0 Å². The lowest BCUT2D eigenvalue weighted by Crippen LogP contribution is -2.27. The summed E-state index contributed by atoms with van der Waals surface area (Å²) < 4.78 is 39.9. The number of imidazole rings is 1. The lowest BCUT2D eigenvalue weighted by Gasteiger charge is -2.25. The highest BCUT2D eigenvalue weighted by Gasteiger charge is 2.40. The normalized spacial score (nSPS) is 13.3. The molecule has 0 saturated heterocycles. The maximum atomic E-state index is 12.9. The molecule has 3 nitrogen and oxygen atoms in total. The number of rotatable bonds is 0. The van der Waals surface area contributed by atoms with Gasteiger partial charge in [-0.2, -0.15) is 13.2 Å². The van der Waals surface area contributed by atoms with Gasteiger partial charge in [0, 0.05) is 11.7 Å². The van der Waals surface area contributed by atoms with Crippen LogP contribution in [0.4, 0.5) is 13.2 Å². The number of aromatic nitrogens is 3. The van der Waals surface area contributed by atoms with Crippen molar-refractivity contribution in [2.45, 2.75) is 32.5 Å². The molecule has 0 radical (unpaired) electrons. The molecular weight excluding hydrogens is 231 g/mol. The van der Waals surface area contributed by atoms with Crippen molar-refractivity contribution in [3.8, 4) is 0 Å². The topological polar surface area (TPSA) is 30.7 Å². The summed E-state index contributed by atoms with van der Waals surface area (Å²) in [4.78, 5) is 7.43. The van der Waals surface area contributed by atoms with E-state index in [0.29, 0.717) is 5.52 Å². The van der Waals surface area contributed by atoms with Crippen LogP contribution < -0.4 is 0 Å². The Kier molecular flexibility index (Phi) is 2.41. The number of hydrogen-bond donors (Lipinski definition) is 0. The van der Waals surface area contributed by atoms with E-state index in [-0.39, 0.29) is 5.65 Å². The Morgan fingerprint density at radius 1 is 1.18 bits per heavy atom. The summed E-state index contributed by atoms with van der Waals surface area (Å²) in [7, 11) is 0. The Morgan fingerprint density at radius 3 is 2.35 bits per heavy atom. The van der Waals surface area contributed by atoms with Gasteiger partial charge in [0.1, 0.15) is 0 Å². The molecule has 17 heavy (non-hydrogen) atoms. The summed E-state index contributed by atoms with van der Waals surface area (Å²) in [6, 6.07) is 3.20. The molecule has 0 spiro atoms. The molecule has 6 heteroatoms. The summed E-state index contributed by atoms with van der Waals surface area (Å²) in [5.74, 6) is -0.904. The fourth-order valence-electron chi connectivity index (χ4n) is 1.78. The number of pyridine rings is 1. The zero-order chi connectivity index (χ0) is 12.8. The molecule has 0 unspecified atom stereocenters. The number of hydrogen-bond acceptors (Lipinski definition) is 2. The molecule has 2 aromatic heterocycles. The van der Waals surface area contributed by atoms with Crippen LogP contribution in [0.5, 0.6) is 0 Å². The van der Waals surface area contributed by atoms with E-state index in [1.807, 2.05) is 0 Å². The first kappa shape index (κ1) is 11.9. The van der Waals surface area contributed by atoms with E-state index in [9.17, 15) is 13.2 Å². The first-order chi connectivity index (χ1) is 7.71. The van der Waals surface area contributed by atoms with E-state index in [2.05, 4.69) is 9.97 Å². The van der Waals surface area contributed by atoms with Crippen LogP contribution in [0.25, 0.3) is 11.2 Å². The predicted octanol–water partition coefficient (Wildman–Crippen LogP) is 3.21. The van der Waals surface area contributed by atoms with Gasteiger partial charge in [-0.15, -0.1) is 0 Å². The van der Waals surface area contributed by atoms with Crippen LogP contribution in [0.3, 0.4) is 0 Å². The van der Waals surface area contributed by atoms with Gasteiger partial charge in [0.05, 0.1) is 5.52 Å². The third kappa shape index (κ3) is 1.99. The largest absolute Gasteiger partial charge is 0.449 e. The van der Waals surface area contributed by atoms with Gasteiger partial charge < -0.3 is 4.57 Å². The van der Waals surface area contributed by atoms with Crippen molar-refractivity contribution in [3.05, 3.63) is 24.2 Å². The minimum absolute atomic E-state index is 0.120. The molecule has 0 aromatic carbocycles. The molecular formula is C11H12F3N3. The Labute approximate surface area is 96.3 Å². The van der Waals surface area contributed by atoms with Crippen molar-refractivity contribution >= 4 is 11.2 Å². The van der Waals surface area contributed by atoms with Crippen LogP contribution >= 0.6 is 0 Å². The third-order valence-corrected chi connectivity index (χ3v) is 2.35. The Morgan fingerprint density at radius 2 is 1.82 bits per heavy atom. The van der Waals surface area contributed by atoms with Gasteiger partial charge in [-0.25, -0.2) is 9.97 Å². The molecule has 92 valence electrons. The van der Waals surface area contributed by atoms with Gasteiger partial charge in [-0.3, -0.25) is 0 Å². The lowest BCUT2D eigenvalue weighted by atomic mass is 10.1. The maximum absolute atomic E-state index is 12.9. The molecule has 2 aromatic rings. The fraction of sp³-hybridized carbons (Fsp3) is 0.455. The SMILES string of the molecule is CC(C)(C)n1c(C(F)(F)F)nc2ncccc21. The monoisotopic (exact) mass is 243 g/mol. The second-order valence-electron chi connectivity index (χ2n) is 4.79. The molecule has 2 heterocycles. The van der Waals surface area contributed by atoms with Crippen LogP contribution in [0.2, 0.25) is 0 Å². The van der Waals surface area contributed by atoms with Crippen LogP contribution in [0, 0.1) is 0 Å². The van der Waals surface area contributed by atoms with Crippen molar-refractivity contribution in [3.63, 3.8) is 0 Å². The summed E-state index contributed by atoms with van der Waals surface area (Å²) in [6.07, 6.45) is -3.05. The van der Waals surface area contributed by atoms with Gasteiger partial charge in [0.2, 0.25) is 5.82 Å². The molecule has 0 saturated carbocycles. The molecule has 0 aliphatic rings. The summed E-state index contributed by atoms with van der Waals surface area (Å²) in [5.41, 5.74) is -0.190. The van der Waals surface area contributed by atoms with Gasteiger partial charge in [-0.05, 0) is 32.9 Å². The molecule has 0 aliphatic heterocycles. The van der Waals surface area contributed by atoms with Crippen LogP contribution in [0.1, 0.15) is 26.6 Å². The van der Waals surface area contributed by atoms with Crippen LogP contribution in [-0.4, -0.2) is 14.5 Å². The first-order valence-electron chi connectivity index (χ1n) is 5.12. The quantitative estimate of drug-likeness (QED) is 0.711. The Hall–Kier alpha value is -1.59. The molecule has 0 amide bonds. The van der Waals surface area contributed by atoms with Crippen molar-refractivity contribution < 1.29 is 13.2 Å². The molecule has 2 rings (SSSR count). The Balaban J connectivity index is 2.84. The van der Waals surface area contributed by atoms with Gasteiger partial charge in [0.25, 0.3) is 0 Å². The number of nitrogens with zero attached hydrogens (tertiary/aromatic N) is 3. The predicted molar refractivity (Wildman–Crippen MR) is 57.5 cm³/mol. The molecule has 0 bridgehead atoms. The maximum Gasteiger partial charge on any atom is 0.449 e. The molecule has 0 fully saturated rings. The second-order valence-corrected chi connectivity index (χ2v) is 4.79. The number of halogens is 3. The first-order valence-corrected chi connectivity index (χ1v) is 5.12. The van der Waals surface area contributed by atoms with E-state index >= 15 is 0 Å². The van der Waals surface area contributed by atoms with E-state index in [0.717, 1.165) is 0 Å². The van der Waals surface area contributed by atoms with Crippen LogP contribution in [0.15, 0.2) is 18.3 Å². The zero-order valence-electron chi connectivity index (χ0n) is 9.71. The number of fused-ring (bicyclic) bond motifs is 1. The second kappa shape index (κ2) is 3.45. The van der Waals surface area contributed by atoms with Gasteiger partial charge in [0.15, 0.2) is 5.65 Å². The molecule has 0 atom stereocenters. The van der Waals surface area contributed by atoms with Crippen molar-refractivity contribution in [2.24, 2.45) is 0 Å². The van der Waals surface area contributed by atoms with Crippen LogP contribution in [-0.2, 0) is 11.7 Å². The molecule has 0 N–H and O–H groups in total. The van der Waals surface area contributed by atoms with Crippen molar-refractivity contribution in [2.75, 3.05) is 0 Å².